The number of anilines is 1. The maximum Gasteiger partial charge on any atom is 0.150 e. The summed E-state index contributed by atoms with van der Waals surface area (Å²) in [5.41, 5.74) is 4.52. The van der Waals surface area contributed by atoms with Crippen LogP contribution >= 0.6 is 0 Å². The van der Waals surface area contributed by atoms with Crippen LogP contribution in [0.15, 0.2) is 90.1 Å². The molecule has 4 heteroatoms. The highest BCUT2D eigenvalue weighted by Gasteiger charge is 2.23. The molecule has 0 N–H and O–H groups in total. The number of ether oxygens (including phenoxy) is 2. The molecular weight excluding hydrogens is 398 g/mol. The van der Waals surface area contributed by atoms with Crippen LogP contribution in [0.25, 0.3) is 6.08 Å². The Bertz CT molecular complexity index is 1060. The van der Waals surface area contributed by atoms with Crippen LogP contribution in [-0.2, 0) is 16.1 Å². The number of aldehydes is 1. The van der Waals surface area contributed by atoms with Gasteiger partial charge in [-0.25, -0.2) is 0 Å². The lowest BCUT2D eigenvalue weighted by Crippen LogP contribution is -2.14. The molecule has 0 unspecified atom stereocenters. The maximum atomic E-state index is 11.2. The van der Waals surface area contributed by atoms with Gasteiger partial charge >= 0.3 is 0 Å². The summed E-state index contributed by atoms with van der Waals surface area (Å²) in [7, 11) is 4.05. The molecule has 0 amide bonds. The molecule has 0 radical (unpaired) electrons. The molecule has 4 nitrogen and oxygen atoms in total. The molecule has 0 fully saturated rings. The minimum Gasteiger partial charge on any atom is -0.496 e. The van der Waals surface area contributed by atoms with E-state index in [0.29, 0.717) is 12.2 Å². The standard InChI is InChI=1S/C28H31NO3/c1-28(2,3)27-17-22(19-31-20-24-9-7-6-8-23(24)18-30)16-26(32-27)15-12-21-10-13-25(14-11-21)29(4)5/h6-19H,20H2,1-5H3/b15-12+,22-19-. The third kappa shape index (κ3) is 6.24. The molecule has 0 bridgehead atoms. The van der Waals surface area contributed by atoms with Crippen molar-refractivity contribution in [3.63, 3.8) is 0 Å². The molecular formula is C28H31NO3. The summed E-state index contributed by atoms with van der Waals surface area (Å²) in [6.45, 7) is 6.67. The second kappa shape index (κ2) is 10.2. The van der Waals surface area contributed by atoms with Gasteiger partial charge in [0.1, 0.15) is 24.4 Å². The first-order valence-corrected chi connectivity index (χ1v) is 10.7. The Morgan fingerprint density at radius 2 is 1.69 bits per heavy atom. The molecule has 0 spiro atoms. The SMILES string of the molecule is CN(C)c1ccc(/C=C/C2=CC(=C/OCc3ccccc3C=O)/C=C(C(C)(C)C)O2)cc1. The third-order valence-electron chi connectivity index (χ3n) is 5.06. The van der Waals surface area contributed by atoms with E-state index in [1.54, 1.807) is 12.3 Å². The predicted molar refractivity (Wildman–Crippen MR) is 131 cm³/mol. The van der Waals surface area contributed by atoms with E-state index in [1.165, 1.54) is 0 Å². The number of nitrogens with zero attached hydrogens (tertiary/aromatic N) is 1. The number of rotatable bonds is 7. The predicted octanol–water partition coefficient (Wildman–Crippen LogP) is 6.52. The van der Waals surface area contributed by atoms with E-state index in [1.807, 2.05) is 56.6 Å². The number of allylic oxidation sites excluding steroid dienone is 5. The van der Waals surface area contributed by atoms with E-state index in [9.17, 15) is 4.79 Å². The molecule has 1 heterocycles. The van der Waals surface area contributed by atoms with E-state index in [0.717, 1.165) is 40.2 Å². The van der Waals surface area contributed by atoms with Crippen LogP contribution in [0.5, 0.6) is 0 Å². The Kier molecular flexibility index (Phi) is 7.37. The van der Waals surface area contributed by atoms with Gasteiger partial charge in [-0.2, -0.15) is 0 Å². The van der Waals surface area contributed by atoms with Gasteiger partial charge in [-0.15, -0.1) is 0 Å². The minimum absolute atomic E-state index is 0.149. The zero-order valence-corrected chi connectivity index (χ0v) is 19.5. The highest BCUT2D eigenvalue weighted by molar-refractivity contribution is 5.77. The van der Waals surface area contributed by atoms with Crippen molar-refractivity contribution >= 4 is 18.0 Å². The van der Waals surface area contributed by atoms with Crippen molar-refractivity contribution in [1.29, 1.82) is 0 Å². The first kappa shape index (κ1) is 23.1. The molecule has 0 atom stereocenters. The Hall–Kier alpha value is -3.53. The summed E-state index contributed by atoms with van der Waals surface area (Å²) in [4.78, 5) is 13.3. The molecule has 32 heavy (non-hydrogen) atoms. The molecule has 166 valence electrons. The summed E-state index contributed by atoms with van der Waals surface area (Å²) in [5.74, 6) is 1.61. The van der Waals surface area contributed by atoms with Gasteiger partial charge in [0.05, 0.1) is 6.26 Å². The zero-order chi connectivity index (χ0) is 23.1. The summed E-state index contributed by atoms with van der Waals surface area (Å²) in [6, 6.07) is 15.8. The molecule has 2 aromatic carbocycles. The van der Waals surface area contributed by atoms with Crippen LogP contribution in [0, 0.1) is 5.41 Å². The van der Waals surface area contributed by atoms with Crippen molar-refractivity contribution in [3.8, 4) is 0 Å². The normalized spacial score (nSPS) is 15.2. The van der Waals surface area contributed by atoms with Crippen molar-refractivity contribution in [2.24, 2.45) is 5.41 Å². The number of hydrogen-bond acceptors (Lipinski definition) is 4. The Morgan fingerprint density at radius 3 is 2.34 bits per heavy atom. The summed E-state index contributed by atoms with van der Waals surface area (Å²) in [5, 5.41) is 0. The summed E-state index contributed by atoms with van der Waals surface area (Å²) >= 11 is 0. The molecule has 3 rings (SSSR count). The second-order valence-electron chi connectivity index (χ2n) is 8.97. The van der Waals surface area contributed by atoms with Gasteiger partial charge in [0, 0.05) is 36.3 Å². The quantitative estimate of drug-likeness (QED) is 0.371. The van der Waals surface area contributed by atoms with E-state index in [-0.39, 0.29) is 5.41 Å². The number of benzene rings is 2. The van der Waals surface area contributed by atoms with Gasteiger partial charge in [-0.1, -0.05) is 63.2 Å². The fourth-order valence-corrected chi connectivity index (χ4v) is 3.13. The summed E-state index contributed by atoms with van der Waals surface area (Å²) < 4.78 is 12.0. The van der Waals surface area contributed by atoms with Gasteiger partial charge < -0.3 is 14.4 Å². The van der Waals surface area contributed by atoms with E-state index >= 15 is 0 Å². The second-order valence-corrected chi connectivity index (χ2v) is 8.97. The van der Waals surface area contributed by atoms with Crippen molar-refractivity contribution < 1.29 is 14.3 Å². The minimum atomic E-state index is -0.149. The fourth-order valence-electron chi connectivity index (χ4n) is 3.13. The highest BCUT2D eigenvalue weighted by atomic mass is 16.5. The van der Waals surface area contributed by atoms with Crippen LogP contribution in [0.3, 0.4) is 0 Å². The maximum absolute atomic E-state index is 11.2. The van der Waals surface area contributed by atoms with Crippen LogP contribution in [0.1, 0.15) is 42.3 Å². The lowest BCUT2D eigenvalue weighted by molar-refractivity contribution is 0.112. The Labute approximate surface area is 191 Å². The molecule has 1 aliphatic rings. The van der Waals surface area contributed by atoms with Crippen molar-refractivity contribution in [3.05, 3.63) is 107 Å². The number of carbonyl (C=O) groups excluding carboxylic acids is 1. The third-order valence-corrected chi connectivity index (χ3v) is 5.06. The van der Waals surface area contributed by atoms with Gasteiger partial charge in [-0.05, 0) is 41.5 Å². The number of carbonyl (C=O) groups is 1. The van der Waals surface area contributed by atoms with Gasteiger partial charge in [0.15, 0.2) is 0 Å². The lowest BCUT2D eigenvalue weighted by Gasteiger charge is -2.26. The van der Waals surface area contributed by atoms with E-state index in [2.05, 4.69) is 49.9 Å². The Balaban J connectivity index is 1.78. The number of hydrogen-bond donors (Lipinski definition) is 0. The Morgan fingerprint density at radius 1 is 0.969 bits per heavy atom. The lowest BCUT2D eigenvalue weighted by atomic mass is 9.91. The fraction of sp³-hybridized carbons (Fsp3) is 0.250. The van der Waals surface area contributed by atoms with Gasteiger partial charge in [0.2, 0.25) is 0 Å². The molecule has 0 saturated heterocycles. The van der Waals surface area contributed by atoms with E-state index < -0.39 is 0 Å². The molecule has 0 aliphatic carbocycles. The molecule has 0 saturated carbocycles. The monoisotopic (exact) mass is 429 g/mol. The van der Waals surface area contributed by atoms with Crippen molar-refractivity contribution in [2.45, 2.75) is 27.4 Å². The molecule has 0 aromatic heterocycles. The zero-order valence-electron chi connectivity index (χ0n) is 19.5. The van der Waals surface area contributed by atoms with Crippen molar-refractivity contribution in [1.82, 2.24) is 0 Å². The average Bonchev–Trinajstić information content (AvgIpc) is 2.77. The average molecular weight is 430 g/mol. The summed E-state index contributed by atoms with van der Waals surface area (Å²) in [6.07, 6.45) is 10.5. The van der Waals surface area contributed by atoms with Crippen LogP contribution in [-0.4, -0.2) is 20.4 Å². The first-order valence-electron chi connectivity index (χ1n) is 10.7. The van der Waals surface area contributed by atoms with Crippen LogP contribution < -0.4 is 4.90 Å². The molecule has 2 aromatic rings. The smallest absolute Gasteiger partial charge is 0.150 e. The van der Waals surface area contributed by atoms with Gasteiger partial charge in [0.25, 0.3) is 0 Å². The van der Waals surface area contributed by atoms with Gasteiger partial charge in [-0.3, -0.25) is 4.79 Å². The topological polar surface area (TPSA) is 38.8 Å². The largest absolute Gasteiger partial charge is 0.496 e. The highest BCUT2D eigenvalue weighted by Crippen LogP contribution is 2.33. The first-order chi connectivity index (χ1) is 15.3. The molecule has 1 aliphatic heterocycles. The van der Waals surface area contributed by atoms with Crippen molar-refractivity contribution in [2.75, 3.05) is 19.0 Å². The van der Waals surface area contributed by atoms with Crippen LogP contribution in [0.2, 0.25) is 0 Å². The van der Waals surface area contributed by atoms with Crippen LogP contribution in [0.4, 0.5) is 5.69 Å². The van der Waals surface area contributed by atoms with E-state index in [4.69, 9.17) is 9.47 Å².